The lowest BCUT2D eigenvalue weighted by Gasteiger charge is -2.28. The standard InChI is InChI=1S/C15H24N4O4S/c1-10(2)13-16-14(23-17-13)11-6-4-8-18(11)15(20)12-7-5-9-19(12)24(3,21)22/h10-12H,4-9H2,1-3H3/t11-,12-/m0/s1. The minimum absolute atomic E-state index is 0.148. The highest BCUT2D eigenvalue weighted by Gasteiger charge is 2.43. The number of rotatable bonds is 4. The zero-order chi connectivity index (χ0) is 17.5. The maximum atomic E-state index is 13.0. The molecule has 0 unspecified atom stereocenters. The number of carbonyl (C=O) groups is 1. The number of carbonyl (C=O) groups excluding carboxylic acids is 1. The van der Waals surface area contributed by atoms with Gasteiger partial charge in [-0.1, -0.05) is 19.0 Å². The van der Waals surface area contributed by atoms with Gasteiger partial charge in [-0.15, -0.1) is 0 Å². The Bertz CT molecular complexity index is 715. The van der Waals surface area contributed by atoms with Gasteiger partial charge < -0.3 is 9.42 Å². The van der Waals surface area contributed by atoms with Crippen molar-refractivity contribution in [1.29, 1.82) is 0 Å². The van der Waals surface area contributed by atoms with Crippen LogP contribution in [0.5, 0.6) is 0 Å². The van der Waals surface area contributed by atoms with Crippen molar-refractivity contribution in [3.05, 3.63) is 11.7 Å². The van der Waals surface area contributed by atoms with Crippen molar-refractivity contribution in [2.24, 2.45) is 0 Å². The van der Waals surface area contributed by atoms with Crippen LogP contribution in [0.4, 0.5) is 0 Å². The first-order valence-electron chi connectivity index (χ1n) is 8.40. The average molecular weight is 356 g/mol. The molecule has 3 rings (SSSR count). The lowest BCUT2D eigenvalue weighted by atomic mass is 10.1. The molecule has 0 spiro atoms. The number of nitrogens with zero attached hydrogens (tertiary/aromatic N) is 4. The van der Waals surface area contributed by atoms with Crippen LogP contribution in [0.15, 0.2) is 4.52 Å². The van der Waals surface area contributed by atoms with E-state index >= 15 is 0 Å². The van der Waals surface area contributed by atoms with Crippen LogP contribution in [0.25, 0.3) is 0 Å². The van der Waals surface area contributed by atoms with Crippen LogP contribution in [0, 0.1) is 0 Å². The van der Waals surface area contributed by atoms with E-state index in [2.05, 4.69) is 10.1 Å². The van der Waals surface area contributed by atoms with Gasteiger partial charge in [0, 0.05) is 19.0 Å². The van der Waals surface area contributed by atoms with Crippen molar-refractivity contribution in [2.45, 2.75) is 57.5 Å². The molecule has 0 saturated carbocycles. The van der Waals surface area contributed by atoms with E-state index in [1.165, 1.54) is 4.31 Å². The maximum absolute atomic E-state index is 13.0. The Morgan fingerprint density at radius 3 is 2.58 bits per heavy atom. The van der Waals surface area contributed by atoms with Crippen LogP contribution in [0.3, 0.4) is 0 Å². The Labute approximate surface area is 142 Å². The van der Waals surface area contributed by atoms with E-state index < -0.39 is 16.1 Å². The first kappa shape index (κ1) is 17.3. The van der Waals surface area contributed by atoms with E-state index in [1.807, 2.05) is 13.8 Å². The highest BCUT2D eigenvalue weighted by atomic mass is 32.2. The van der Waals surface area contributed by atoms with Crippen LogP contribution >= 0.6 is 0 Å². The SMILES string of the molecule is CC(C)c1noc([C@@H]2CCCN2C(=O)[C@@H]2CCCN2S(C)(=O)=O)n1. The van der Waals surface area contributed by atoms with Crippen LogP contribution in [0.2, 0.25) is 0 Å². The largest absolute Gasteiger partial charge is 0.337 e. The normalized spacial score (nSPS) is 25.8. The Morgan fingerprint density at radius 1 is 1.25 bits per heavy atom. The number of aromatic nitrogens is 2. The molecular formula is C15H24N4O4S. The summed E-state index contributed by atoms with van der Waals surface area (Å²) in [7, 11) is -3.38. The first-order chi connectivity index (χ1) is 11.3. The van der Waals surface area contributed by atoms with Crippen molar-refractivity contribution in [3.8, 4) is 0 Å². The molecule has 0 aromatic carbocycles. The minimum Gasteiger partial charge on any atom is -0.337 e. The number of hydrogen-bond donors (Lipinski definition) is 0. The molecule has 0 N–H and O–H groups in total. The van der Waals surface area contributed by atoms with Crippen molar-refractivity contribution in [2.75, 3.05) is 19.3 Å². The summed E-state index contributed by atoms with van der Waals surface area (Å²) < 4.78 is 30.5. The highest BCUT2D eigenvalue weighted by Crippen LogP contribution is 2.34. The minimum atomic E-state index is -3.38. The van der Waals surface area contributed by atoms with Gasteiger partial charge in [0.25, 0.3) is 0 Å². The topological polar surface area (TPSA) is 96.6 Å². The zero-order valence-electron chi connectivity index (χ0n) is 14.3. The van der Waals surface area contributed by atoms with Gasteiger partial charge in [-0.3, -0.25) is 4.79 Å². The molecule has 134 valence electrons. The van der Waals surface area contributed by atoms with Crippen molar-refractivity contribution < 1.29 is 17.7 Å². The second-order valence-electron chi connectivity index (χ2n) is 6.87. The van der Waals surface area contributed by atoms with E-state index in [0.29, 0.717) is 37.6 Å². The summed E-state index contributed by atoms with van der Waals surface area (Å²) in [6, 6.07) is -0.854. The molecule has 9 heteroatoms. The summed E-state index contributed by atoms with van der Waals surface area (Å²) in [6.45, 7) is 4.96. The summed E-state index contributed by atoms with van der Waals surface area (Å²) in [5, 5.41) is 3.98. The Morgan fingerprint density at radius 2 is 1.96 bits per heavy atom. The van der Waals surface area contributed by atoms with Gasteiger partial charge in [-0.05, 0) is 25.7 Å². The summed E-state index contributed by atoms with van der Waals surface area (Å²) >= 11 is 0. The fraction of sp³-hybridized carbons (Fsp3) is 0.800. The maximum Gasteiger partial charge on any atom is 0.249 e. The molecule has 2 aliphatic heterocycles. The summed E-state index contributed by atoms with van der Waals surface area (Å²) in [5.74, 6) is 1.09. The Balaban J connectivity index is 1.81. The van der Waals surface area contributed by atoms with Gasteiger partial charge in [0.15, 0.2) is 5.82 Å². The summed E-state index contributed by atoms with van der Waals surface area (Å²) in [6.07, 6.45) is 4.04. The predicted molar refractivity (Wildman–Crippen MR) is 86.6 cm³/mol. The average Bonchev–Trinajstić information content (AvgIpc) is 3.23. The Kier molecular flexibility index (Phi) is 4.65. The smallest absolute Gasteiger partial charge is 0.249 e. The van der Waals surface area contributed by atoms with E-state index in [9.17, 15) is 13.2 Å². The fourth-order valence-electron chi connectivity index (χ4n) is 3.48. The van der Waals surface area contributed by atoms with Gasteiger partial charge in [0.1, 0.15) is 12.1 Å². The molecular weight excluding hydrogens is 332 g/mol. The molecule has 1 amide bonds. The third kappa shape index (κ3) is 3.19. The molecule has 2 fully saturated rings. The number of sulfonamides is 1. The number of hydrogen-bond acceptors (Lipinski definition) is 6. The highest BCUT2D eigenvalue weighted by molar-refractivity contribution is 7.88. The fourth-order valence-corrected chi connectivity index (χ4v) is 4.60. The lowest BCUT2D eigenvalue weighted by molar-refractivity contribution is -0.136. The third-order valence-electron chi connectivity index (χ3n) is 4.71. The molecule has 0 radical (unpaired) electrons. The molecule has 1 aromatic heterocycles. The van der Waals surface area contributed by atoms with Crippen LogP contribution in [-0.2, 0) is 14.8 Å². The lowest BCUT2D eigenvalue weighted by Crippen LogP contribution is -2.47. The van der Waals surface area contributed by atoms with Gasteiger partial charge in [0.2, 0.25) is 21.8 Å². The van der Waals surface area contributed by atoms with Gasteiger partial charge in [0.05, 0.1) is 6.26 Å². The van der Waals surface area contributed by atoms with E-state index in [1.54, 1.807) is 4.90 Å². The molecule has 1 aromatic rings. The quantitative estimate of drug-likeness (QED) is 0.806. The molecule has 3 heterocycles. The second-order valence-corrected chi connectivity index (χ2v) is 8.80. The van der Waals surface area contributed by atoms with Crippen molar-refractivity contribution in [1.82, 2.24) is 19.3 Å². The zero-order valence-corrected chi connectivity index (χ0v) is 15.1. The predicted octanol–water partition coefficient (Wildman–Crippen LogP) is 1.28. The van der Waals surface area contributed by atoms with E-state index in [0.717, 1.165) is 19.1 Å². The van der Waals surface area contributed by atoms with Gasteiger partial charge in [-0.2, -0.15) is 9.29 Å². The molecule has 2 atom stereocenters. The van der Waals surface area contributed by atoms with Crippen LogP contribution < -0.4 is 0 Å². The molecule has 0 bridgehead atoms. The summed E-state index contributed by atoms with van der Waals surface area (Å²) in [5.41, 5.74) is 0. The monoisotopic (exact) mass is 356 g/mol. The molecule has 2 saturated heterocycles. The second kappa shape index (κ2) is 6.44. The van der Waals surface area contributed by atoms with Crippen molar-refractivity contribution >= 4 is 15.9 Å². The van der Waals surface area contributed by atoms with Gasteiger partial charge in [-0.25, -0.2) is 8.42 Å². The van der Waals surface area contributed by atoms with E-state index in [-0.39, 0.29) is 17.9 Å². The molecule has 24 heavy (non-hydrogen) atoms. The summed E-state index contributed by atoms with van der Waals surface area (Å²) in [4.78, 5) is 19.1. The molecule has 2 aliphatic rings. The molecule has 8 nitrogen and oxygen atoms in total. The third-order valence-corrected chi connectivity index (χ3v) is 6.00. The van der Waals surface area contributed by atoms with Crippen molar-refractivity contribution in [3.63, 3.8) is 0 Å². The number of likely N-dealkylation sites (tertiary alicyclic amines) is 1. The van der Waals surface area contributed by atoms with E-state index in [4.69, 9.17) is 4.52 Å². The number of amides is 1. The Hall–Kier alpha value is -1.48. The van der Waals surface area contributed by atoms with Crippen LogP contribution in [-0.4, -0.2) is 59.1 Å². The molecule has 0 aliphatic carbocycles. The van der Waals surface area contributed by atoms with Gasteiger partial charge >= 0.3 is 0 Å². The first-order valence-corrected chi connectivity index (χ1v) is 10.2. The van der Waals surface area contributed by atoms with Crippen LogP contribution in [0.1, 0.15) is 63.2 Å².